The molecule has 1 heterocycles. The maximum absolute atomic E-state index is 12.5. The molecule has 23 heavy (non-hydrogen) atoms. The SMILES string of the molecule is Cc1ccc2c(c1)NC(=O)C(C)(C(=O)Nc1cccc(Cl)c1)O2. The van der Waals surface area contributed by atoms with E-state index in [1.54, 1.807) is 36.4 Å². The summed E-state index contributed by atoms with van der Waals surface area (Å²) in [5.41, 5.74) is 0.377. The van der Waals surface area contributed by atoms with Crippen LogP contribution in [0.5, 0.6) is 5.75 Å². The summed E-state index contributed by atoms with van der Waals surface area (Å²) in [6.45, 7) is 3.34. The van der Waals surface area contributed by atoms with Crippen molar-refractivity contribution in [2.75, 3.05) is 10.6 Å². The first kappa shape index (κ1) is 15.4. The zero-order chi connectivity index (χ0) is 16.6. The van der Waals surface area contributed by atoms with Crippen molar-refractivity contribution in [2.24, 2.45) is 0 Å². The van der Waals surface area contributed by atoms with E-state index in [-0.39, 0.29) is 0 Å². The Kier molecular flexibility index (Phi) is 3.74. The molecule has 118 valence electrons. The molecule has 0 fully saturated rings. The lowest BCUT2D eigenvalue weighted by Crippen LogP contribution is -2.56. The first-order valence-corrected chi connectivity index (χ1v) is 7.44. The Labute approximate surface area is 138 Å². The molecule has 2 aromatic rings. The molecule has 6 heteroatoms. The number of carbonyl (C=O) groups excluding carboxylic acids is 2. The van der Waals surface area contributed by atoms with E-state index in [2.05, 4.69) is 10.6 Å². The highest BCUT2D eigenvalue weighted by atomic mass is 35.5. The number of carbonyl (C=O) groups is 2. The molecule has 5 nitrogen and oxygen atoms in total. The minimum absolute atomic E-state index is 0.457. The van der Waals surface area contributed by atoms with Crippen LogP contribution in [0.3, 0.4) is 0 Å². The van der Waals surface area contributed by atoms with Gasteiger partial charge in [0.1, 0.15) is 5.75 Å². The van der Waals surface area contributed by atoms with Crippen LogP contribution >= 0.6 is 11.6 Å². The number of anilines is 2. The van der Waals surface area contributed by atoms with Gasteiger partial charge >= 0.3 is 0 Å². The summed E-state index contributed by atoms with van der Waals surface area (Å²) >= 11 is 5.90. The van der Waals surface area contributed by atoms with Crippen LogP contribution in [0.1, 0.15) is 12.5 Å². The lowest BCUT2D eigenvalue weighted by Gasteiger charge is -2.33. The molecule has 0 spiro atoms. The number of nitrogens with one attached hydrogen (secondary N) is 2. The summed E-state index contributed by atoms with van der Waals surface area (Å²) in [6, 6.07) is 12.1. The third-order valence-corrected chi connectivity index (χ3v) is 3.88. The van der Waals surface area contributed by atoms with E-state index < -0.39 is 17.4 Å². The zero-order valence-corrected chi connectivity index (χ0v) is 13.4. The maximum atomic E-state index is 12.5. The van der Waals surface area contributed by atoms with Crippen molar-refractivity contribution in [1.82, 2.24) is 0 Å². The lowest BCUT2D eigenvalue weighted by atomic mass is 10.0. The van der Waals surface area contributed by atoms with Crippen molar-refractivity contribution < 1.29 is 14.3 Å². The highest BCUT2D eigenvalue weighted by Gasteiger charge is 2.47. The number of ether oxygens (including phenoxy) is 1. The van der Waals surface area contributed by atoms with Gasteiger partial charge in [0.05, 0.1) is 5.69 Å². The smallest absolute Gasteiger partial charge is 0.278 e. The predicted molar refractivity (Wildman–Crippen MR) is 88.9 cm³/mol. The Hall–Kier alpha value is -2.53. The van der Waals surface area contributed by atoms with Crippen molar-refractivity contribution >= 4 is 34.8 Å². The van der Waals surface area contributed by atoms with Gasteiger partial charge in [0.15, 0.2) is 0 Å². The molecule has 3 rings (SSSR count). The van der Waals surface area contributed by atoms with Gasteiger partial charge in [0, 0.05) is 10.7 Å². The summed E-state index contributed by atoms with van der Waals surface area (Å²) < 4.78 is 5.69. The summed E-state index contributed by atoms with van der Waals surface area (Å²) in [5.74, 6) is -0.627. The fraction of sp³-hybridized carbons (Fsp3) is 0.176. The number of aryl methyl sites for hydroxylation is 1. The first-order chi connectivity index (χ1) is 10.9. The molecule has 2 amide bonds. The largest absolute Gasteiger partial charge is 0.466 e. The van der Waals surface area contributed by atoms with Gasteiger partial charge in [-0.25, -0.2) is 0 Å². The molecule has 1 aliphatic heterocycles. The zero-order valence-electron chi connectivity index (χ0n) is 12.6. The van der Waals surface area contributed by atoms with E-state index >= 15 is 0 Å². The van der Waals surface area contributed by atoms with Gasteiger partial charge in [-0.05, 0) is 49.7 Å². The Balaban J connectivity index is 1.87. The molecule has 0 aromatic heterocycles. The number of amides is 2. The minimum atomic E-state index is -1.66. The van der Waals surface area contributed by atoms with Gasteiger partial charge in [0.2, 0.25) is 0 Å². The number of hydrogen-bond acceptors (Lipinski definition) is 3. The maximum Gasteiger partial charge on any atom is 0.278 e. The fourth-order valence-corrected chi connectivity index (χ4v) is 2.49. The second kappa shape index (κ2) is 5.59. The Morgan fingerprint density at radius 2 is 2.04 bits per heavy atom. The quantitative estimate of drug-likeness (QED) is 0.829. The molecule has 2 N–H and O–H groups in total. The summed E-state index contributed by atoms with van der Waals surface area (Å²) in [4.78, 5) is 24.9. The Morgan fingerprint density at radius 1 is 1.26 bits per heavy atom. The molecule has 2 aromatic carbocycles. The van der Waals surface area contributed by atoms with E-state index in [0.29, 0.717) is 22.1 Å². The van der Waals surface area contributed by atoms with E-state index in [1.165, 1.54) is 6.92 Å². The van der Waals surface area contributed by atoms with Crippen LogP contribution in [0.4, 0.5) is 11.4 Å². The summed E-state index contributed by atoms with van der Waals surface area (Å²) in [6.07, 6.45) is 0. The van der Waals surface area contributed by atoms with Crippen LogP contribution in [0.25, 0.3) is 0 Å². The predicted octanol–water partition coefficient (Wildman–Crippen LogP) is 3.38. The lowest BCUT2D eigenvalue weighted by molar-refractivity contribution is -0.143. The number of benzene rings is 2. The second-order valence-corrected chi connectivity index (χ2v) is 5.99. The molecule has 0 bridgehead atoms. The highest BCUT2D eigenvalue weighted by molar-refractivity contribution is 6.31. The van der Waals surface area contributed by atoms with Gasteiger partial charge < -0.3 is 15.4 Å². The third kappa shape index (κ3) is 2.87. The van der Waals surface area contributed by atoms with E-state index in [9.17, 15) is 9.59 Å². The van der Waals surface area contributed by atoms with Crippen LogP contribution in [-0.4, -0.2) is 17.4 Å². The van der Waals surface area contributed by atoms with Gasteiger partial charge in [-0.1, -0.05) is 23.7 Å². The van der Waals surface area contributed by atoms with Crippen LogP contribution in [0, 0.1) is 6.92 Å². The van der Waals surface area contributed by atoms with E-state index in [4.69, 9.17) is 16.3 Å². The van der Waals surface area contributed by atoms with Gasteiger partial charge in [-0.3, -0.25) is 9.59 Å². The first-order valence-electron chi connectivity index (χ1n) is 7.06. The van der Waals surface area contributed by atoms with Crippen LogP contribution in [0.2, 0.25) is 5.02 Å². The molecule has 0 saturated heterocycles. The topological polar surface area (TPSA) is 67.4 Å². The minimum Gasteiger partial charge on any atom is -0.466 e. The van der Waals surface area contributed by atoms with Crippen molar-refractivity contribution in [3.05, 3.63) is 53.1 Å². The fourth-order valence-electron chi connectivity index (χ4n) is 2.30. The molecule has 0 saturated carbocycles. The molecule has 0 radical (unpaired) electrons. The third-order valence-electron chi connectivity index (χ3n) is 3.65. The Morgan fingerprint density at radius 3 is 2.78 bits per heavy atom. The second-order valence-electron chi connectivity index (χ2n) is 5.55. The summed E-state index contributed by atoms with van der Waals surface area (Å²) in [7, 11) is 0. The van der Waals surface area contributed by atoms with Crippen molar-refractivity contribution in [3.8, 4) is 5.75 Å². The molecule has 1 unspecified atom stereocenters. The average molecular weight is 331 g/mol. The summed E-state index contributed by atoms with van der Waals surface area (Å²) in [5, 5.41) is 5.86. The number of hydrogen-bond donors (Lipinski definition) is 2. The van der Waals surface area contributed by atoms with Crippen molar-refractivity contribution in [3.63, 3.8) is 0 Å². The van der Waals surface area contributed by atoms with E-state index in [0.717, 1.165) is 5.56 Å². The van der Waals surface area contributed by atoms with Gasteiger partial charge in [0.25, 0.3) is 17.4 Å². The van der Waals surface area contributed by atoms with Crippen LogP contribution < -0.4 is 15.4 Å². The number of fused-ring (bicyclic) bond motifs is 1. The monoisotopic (exact) mass is 330 g/mol. The Bertz CT molecular complexity index is 806. The van der Waals surface area contributed by atoms with Crippen molar-refractivity contribution in [1.29, 1.82) is 0 Å². The molecule has 1 atom stereocenters. The standard InChI is InChI=1S/C17H15ClN2O3/c1-10-6-7-14-13(8-10)20-16(22)17(2,23-14)15(21)19-12-5-3-4-11(18)9-12/h3-9H,1-2H3,(H,19,21)(H,20,22). The molecule has 0 aliphatic carbocycles. The van der Waals surface area contributed by atoms with Crippen LogP contribution in [0.15, 0.2) is 42.5 Å². The highest BCUT2D eigenvalue weighted by Crippen LogP contribution is 2.34. The number of rotatable bonds is 2. The van der Waals surface area contributed by atoms with Gasteiger partial charge in [-0.2, -0.15) is 0 Å². The molecular weight excluding hydrogens is 316 g/mol. The number of halogens is 1. The van der Waals surface area contributed by atoms with Gasteiger partial charge in [-0.15, -0.1) is 0 Å². The van der Waals surface area contributed by atoms with Crippen LogP contribution in [-0.2, 0) is 9.59 Å². The van der Waals surface area contributed by atoms with E-state index in [1.807, 2.05) is 13.0 Å². The average Bonchev–Trinajstić information content (AvgIpc) is 2.49. The normalized spacial score (nSPS) is 19.3. The molecule has 1 aliphatic rings. The van der Waals surface area contributed by atoms with Crippen molar-refractivity contribution in [2.45, 2.75) is 19.4 Å². The molecular formula is C17H15ClN2O3.